The third-order valence-corrected chi connectivity index (χ3v) is 4.48. The Balaban J connectivity index is 1.98. The van der Waals surface area contributed by atoms with Gasteiger partial charge in [-0.15, -0.1) is 11.3 Å². The van der Waals surface area contributed by atoms with Crippen LogP contribution in [-0.2, 0) is 6.42 Å². The summed E-state index contributed by atoms with van der Waals surface area (Å²) in [7, 11) is 2.22. The maximum absolute atomic E-state index is 3.63. The molecule has 1 aromatic rings. The van der Waals surface area contributed by atoms with Crippen molar-refractivity contribution in [2.75, 3.05) is 26.7 Å². The lowest BCUT2D eigenvalue weighted by Crippen LogP contribution is -2.35. The topological polar surface area (TPSA) is 15.3 Å². The van der Waals surface area contributed by atoms with E-state index < -0.39 is 0 Å². The fraction of sp³-hybridized carbons (Fsp3) is 0.750. The quantitative estimate of drug-likeness (QED) is 0.621. The number of hydrogen-bond acceptors (Lipinski definition) is 3. The highest BCUT2D eigenvalue weighted by Gasteiger charge is 2.03. The van der Waals surface area contributed by atoms with Gasteiger partial charge in [-0.05, 0) is 38.3 Å². The summed E-state index contributed by atoms with van der Waals surface area (Å²) in [5.74, 6) is 0. The minimum atomic E-state index is 0.664. The van der Waals surface area contributed by atoms with Crippen LogP contribution in [0.4, 0.5) is 0 Å². The predicted octanol–water partition coefficient (Wildman–Crippen LogP) is 3.78. The highest BCUT2D eigenvalue weighted by Crippen LogP contribution is 2.09. The van der Waals surface area contributed by atoms with E-state index in [1.54, 1.807) is 0 Å². The molecule has 1 atom stereocenters. The lowest BCUT2D eigenvalue weighted by molar-refractivity contribution is 0.326. The summed E-state index contributed by atoms with van der Waals surface area (Å²) in [6.07, 6.45) is 6.54. The van der Waals surface area contributed by atoms with Crippen molar-refractivity contribution in [3.8, 4) is 0 Å². The SMILES string of the molecule is CCCCCC(C)NCCN(C)CCc1cccs1. The monoisotopic (exact) mass is 282 g/mol. The van der Waals surface area contributed by atoms with E-state index in [9.17, 15) is 0 Å². The first-order chi connectivity index (χ1) is 9.22. The fourth-order valence-corrected chi connectivity index (χ4v) is 2.87. The number of nitrogens with zero attached hydrogens (tertiary/aromatic N) is 1. The lowest BCUT2D eigenvalue weighted by atomic mass is 10.1. The molecular formula is C16H30N2S. The Labute approximate surface area is 123 Å². The second kappa shape index (κ2) is 10.4. The van der Waals surface area contributed by atoms with Crippen LogP contribution in [0.3, 0.4) is 0 Å². The minimum absolute atomic E-state index is 0.664. The summed E-state index contributed by atoms with van der Waals surface area (Å²) in [4.78, 5) is 3.92. The molecule has 0 aliphatic carbocycles. The molecular weight excluding hydrogens is 252 g/mol. The standard InChI is InChI=1S/C16H30N2S/c1-4-5-6-8-15(2)17-11-13-18(3)12-10-16-9-7-14-19-16/h7,9,14-15,17H,4-6,8,10-13H2,1-3H3. The molecule has 0 saturated heterocycles. The average molecular weight is 282 g/mol. The summed E-state index contributed by atoms with van der Waals surface area (Å²) < 4.78 is 0. The van der Waals surface area contributed by atoms with E-state index in [2.05, 4.69) is 48.6 Å². The van der Waals surface area contributed by atoms with E-state index in [1.807, 2.05) is 11.3 Å². The van der Waals surface area contributed by atoms with Gasteiger partial charge in [-0.1, -0.05) is 32.3 Å². The number of nitrogens with one attached hydrogen (secondary N) is 1. The second-order valence-electron chi connectivity index (χ2n) is 5.48. The Kier molecular flexibility index (Phi) is 9.14. The van der Waals surface area contributed by atoms with Gasteiger partial charge in [0.15, 0.2) is 0 Å². The molecule has 0 fully saturated rings. The van der Waals surface area contributed by atoms with Gasteiger partial charge in [0.1, 0.15) is 0 Å². The Bertz CT molecular complexity index is 298. The van der Waals surface area contributed by atoms with Crippen molar-refractivity contribution in [3.05, 3.63) is 22.4 Å². The van der Waals surface area contributed by atoms with Crippen molar-refractivity contribution in [3.63, 3.8) is 0 Å². The third-order valence-electron chi connectivity index (χ3n) is 3.55. The zero-order valence-electron chi connectivity index (χ0n) is 12.8. The second-order valence-corrected chi connectivity index (χ2v) is 6.52. The molecule has 3 heteroatoms. The summed E-state index contributed by atoms with van der Waals surface area (Å²) >= 11 is 1.86. The molecule has 0 aromatic carbocycles. The number of likely N-dealkylation sites (N-methyl/N-ethyl adjacent to an activating group) is 1. The normalized spacial score (nSPS) is 13.1. The van der Waals surface area contributed by atoms with E-state index in [4.69, 9.17) is 0 Å². The first-order valence-electron chi connectivity index (χ1n) is 7.66. The molecule has 0 bridgehead atoms. The van der Waals surface area contributed by atoms with Gasteiger partial charge >= 0.3 is 0 Å². The van der Waals surface area contributed by atoms with Crippen LogP contribution in [0.2, 0.25) is 0 Å². The molecule has 1 rings (SSSR count). The van der Waals surface area contributed by atoms with E-state index in [0.29, 0.717) is 6.04 Å². The first kappa shape index (κ1) is 16.7. The molecule has 0 saturated carbocycles. The van der Waals surface area contributed by atoms with Crippen molar-refractivity contribution in [2.45, 2.75) is 52.0 Å². The van der Waals surface area contributed by atoms with Crippen LogP contribution in [0.1, 0.15) is 44.4 Å². The Morgan fingerprint density at radius 2 is 2.16 bits per heavy atom. The van der Waals surface area contributed by atoms with Crippen LogP contribution in [-0.4, -0.2) is 37.6 Å². The van der Waals surface area contributed by atoms with Crippen LogP contribution >= 0.6 is 11.3 Å². The highest BCUT2D eigenvalue weighted by molar-refractivity contribution is 7.09. The average Bonchev–Trinajstić information content (AvgIpc) is 2.90. The molecule has 1 N–H and O–H groups in total. The smallest absolute Gasteiger partial charge is 0.0104 e. The predicted molar refractivity (Wildman–Crippen MR) is 87.1 cm³/mol. The minimum Gasteiger partial charge on any atom is -0.313 e. The van der Waals surface area contributed by atoms with Gasteiger partial charge in [0, 0.05) is 30.6 Å². The maximum Gasteiger partial charge on any atom is 0.0104 e. The van der Waals surface area contributed by atoms with Crippen molar-refractivity contribution in [1.29, 1.82) is 0 Å². The highest BCUT2D eigenvalue weighted by atomic mass is 32.1. The van der Waals surface area contributed by atoms with Crippen LogP contribution in [0.25, 0.3) is 0 Å². The molecule has 1 heterocycles. The molecule has 1 unspecified atom stereocenters. The molecule has 0 aliphatic rings. The molecule has 0 spiro atoms. The van der Waals surface area contributed by atoms with Gasteiger partial charge in [-0.3, -0.25) is 0 Å². The number of unbranched alkanes of at least 4 members (excludes halogenated alkanes) is 2. The lowest BCUT2D eigenvalue weighted by Gasteiger charge is -2.19. The Hall–Kier alpha value is -0.380. The van der Waals surface area contributed by atoms with Crippen molar-refractivity contribution >= 4 is 11.3 Å². The summed E-state index contributed by atoms with van der Waals surface area (Å²) in [5.41, 5.74) is 0. The van der Waals surface area contributed by atoms with Crippen molar-refractivity contribution < 1.29 is 0 Å². The maximum atomic E-state index is 3.63. The fourth-order valence-electron chi connectivity index (χ4n) is 2.17. The van der Waals surface area contributed by atoms with Gasteiger partial charge < -0.3 is 10.2 Å². The summed E-state index contributed by atoms with van der Waals surface area (Å²) in [6, 6.07) is 5.03. The molecule has 1 aromatic heterocycles. The van der Waals surface area contributed by atoms with Crippen LogP contribution in [0.5, 0.6) is 0 Å². The van der Waals surface area contributed by atoms with Crippen molar-refractivity contribution in [1.82, 2.24) is 10.2 Å². The molecule has 0 amide bonds. The van der Waals surface area contributed by atoms with E-state index in [-0.39, 0.29) is 0 Å². The number of rotatable bonds is 11. The number of thiophene rings is 1. The first-order valence-corrected chi connectivity index (χ1v) is 8.54. The number of hydrogen-bond donors (Lipinski definition) is 1. The van der Waals surface area contributed by atoms with Crippen LogP contribution < -0.4 is 5.32 Å². The Morgan fingerprint density at radius 1 is 1.32 bits per heavy atom. The van der Waals surface area contributed by atoms with Crippen molar-refractivity contribution in [2.24, 2.45) is 0 Å². The largest absolute Gasteiger partial charge is 0.313 e. The van der Waals surface area contributed by atoms with Crippen LogP contribution in [0.15, 0.2) is 17.5 Å². The van der Waals surface area contributed by atoms with Gasteiger partial charge in [0.05, 0.1) is 0 Å². The van der Waals surface area contributed by atoms with E-state index in [1.165, 1.54) is 37.0 Å². The van der Waals surface area contributed by atoms with Gasteiger partial charge in [0.2, 0.25) is 0 Å². The van der Waals surface area contributed by atoms with Gasteiger partial charge in [0.25, 0.3) is 0 Å². The zero-order valence-corrected chi connectivity index (χ0v) is 13.6. The van der Waals surface area contributed by atoms with Crippen LogP contribution in [0, 0.1) is 0 Å². The summed E-state index contributed by atoms with van der Waals surface area (Å²) in [6.45, 7) is 7.98. The molecule has 19 heavy (non-hydrogen) atoms. The zero-order chi connectivity index (χ0) is 13.9. The van der Waals surface area contributed by atoms with Gasteiger partial charge in [-0.25, -0.2) is 0 Å². The summed E-state index contributed by atoms with van der Waals surface area (Å²) in [5, 5.41) is 5.79. The molecule has 0 aliphatic heterocycles. The van der Waals surface area contributed by atoms with E-state index >= 15 is 0 Å². The molecule has 2 nitrogen and oxygen atoms in total. The van der Waals surface area contributed by atoms with Gasteiger partial charge in [-0.2, -0.15) is 0 Å². The van der Waals surface area contributed by atoms with E-state index in [0.717, 1.165) is 19.6 Å². The molecule has 0 radical (unpaired) electrons. The Morgan fingerprint density at radius 3 is 2.84 bits per heavy atom. The molecule has 110 valence electrons. The third kappa shape index (κ3) is 8.40.